The molecule has 0 fully saturated rings. The standard InChI is InChI=1S/C13H18N4O2/c1-9(2)5-6-16-17-12(13(19)15-4)10(3)11(7-14)8-18/h8,15,19H,1,5-6H2,2-4H3/b11-10-,13-12-,17-16?. The number of carbonyl (C=O) groups is 1. The molecule has 0 unspecified atom stereocenters. The van der Waals surface area contributed by atoms with Crippen molar-refractivity contribution in [3.63, 3.8) is 0 Å². The number of aliphatic hydroxyl groups is 1. The predicted octanol–water partition coefficient (Wildman–Crippen LogP) is 2.39. The summed E-state index contributed by atoms with van der Waals surface area (Å²) in [6.45, 7) is 7.56. The molecule has 0 heterocycles. The molecule has 0 atom stereocenters. The van der Waals surface area contributed by atoms with E-state index in [0.717, 1.165) is 5.57 Å². The zero-order valence-corrected chi connectivity index (χ0v) is 11.4. The Bertz CT molecular complexity index is 481. The van der Waals surface area contributed by atoms with E-state index < -0.39 is 0 Å². The SMILES string of the molecule is C=C(C)CCN=NC(=C(\O)NC)/C(C)=C(/C#N)C=O. The molecule has 0 aromatic carbocycles. The monoisotopic (exact) mass is 262 g/mol. The summed E-state index contributed by atoms with van der Waals surface area (Å²) in [5.41, 5.74) is 1.21. The number of allylic oxidation sites excluding steroid dienone is 2. The van der Waals surface area contributed by atoms with Gasteiger partial charge in [-0.25, -0.2) is 0 Å². The zero-order chi connectivity index (χ0) is 14.8. The number of carbonyl (C=O) groups excluding carboxylic acids is 1. The number of hydrogen-bond acceptors (Lipinski definition) is 6. The van der Waals surface area contributed by atoms with E-state index in [1.165, 1.54) is 14.0 Å². The molecule has 0 aromatic rings. The van der Waals surface area contributed by atoms with E-state index in [9.17, 15) is 9.90 Å². The normalized spacial score (nSPS) is 13.4. The predicted molar refractivity (Wildman–Crippen MR) is 72.2 cm³/mol. The Morgan fingerprint density at radius 3 is 2.58 bits per heavy atom. The quantitative estimate of drug-likeness (QED) is 0.140. The molecule has 0 aliphatic rings. The molecular weight excluding hydrogens is 244 g/mol. The first-order valence-electron chi connectivity index (χ1n) is 5.67. The Morgan fingerprint density at radius 1 is 1.53 bits per heavy atom. The maximum absolute atomic E-state index is 10.7. The Labute approximate surface area is 112 Å². The summed E-state index contributed by atoms with van der Waals surface area (Å²) < 4.78 is 0. The van der Waals surface area contributed by atoms with Gasteiger partial charge in [-0.05, 0) is 20.3 Å². The van der Waals surface area contributed by atoms with Crippen LogP contribution in [0.5, 0.6) is 0 Å². The van der Waals surface area contributed by atoms with E-state index in [4.69, 9.17) is 5.26 Å². The van der Waals surface area contributed by atoms with Crippen molar-refractivity contribution in [2.24, 2.45) is 10.2 Å². The molecule has 2 N–H and O–H groups in total. The first kappa shape index (κ1) is 16.6. The molecule has 0 saturated carbocycles. The van der Waals surface area contributed by atoms with Crippen LogP contribution < -0.4 is 5.32 Å². The second-order valence-corrected chi connectivity index (χ2v) is 3.89. The van der Waals surface area contributed by atoms with Crippen molar-refractivity contribution < 1.29 is 9.90 Å². The van der Waals surface area contributed by atoms with Gasteiger partial charge in [0.05, 0.1) is 12.1 Å². The molecule has 0 aromatic heterocycles. The molecule has 19 heavy (non-hydrogen) atoms. The van der Waals surface area contributed by atoms with Crippen molar-refractivity contribution in [1.29, 1.82) is 5.26 Å². The van der Waals surface area contributed by atoms with Crippen molar-refractivity contribution in [3.05, 3.63) is 34.9 Å². The van der Waals surface area contributed by atoms with Gasteiger partial charge in [0.2, 0.25) is 5.88 Å². The molecule has 6 heteroatoms. The fourth-order valence-corrected chi connectivity index (χ4v) is 1.11. The van der Waals surface area contributed by atoms with Crippen LogP contribution in [0.15, 0.2) is 45.1 Å². The lowest BCUT2D eigenvalue weighted by molar-refractivity contribution is -0.104. The summed E-state index contributed by atoms with van der Waals surface area (Å²) >= 11 is 0. The topological polar surface area (TPSA) is 97.8 Å². The fraction of sp³-hybridized carbons (Fsp3) is 0.385. The Balaban J connectivity index is 5.29. The van der Waals surface area contributed by atoms with Crippen molar-refractivity contribution in [1.82, 2.24) is 5.32 Å². The van der Waals surface area contributed by atoms with Gasteiger partial charge in [0.15, 0.2) is 6.29 Å². The highest BCUT2D eigenvalue weighted by Gasteiger charge is 2.11. The summed E-state index contributed by atoms with van der Waals surface area (Å²) in [5, 5.41) is 28.7. The first-order chi connectivity index (χ1) is 8.97. The van der Waals surface area contributed by atoms with Gasteiger partial charge in [0.1, 0.15) is 11.8 Å². The second-order valence-electron chi connectivity index (χ2n) is 3.89. The highest BCUT2D eigenvalue weighted by Crippen LogP contribution is 2.17. The summed E-state index contributed by atoms with van der Waals surface area (Å²) in [5.74, 6) is -0.244. The molecule has 0 amide bonds. The van der Waals surface area contributed by atoms with Crippen molar-refractivity contribution in [3.8, 4) is 6.07 Å². The number of azo groups is 1. The summed E-state index contributed by atoms with van der Waals surface area (Å²) in [6, 6.07) is 1.74. The van der Waals surface area contributed by atoms with E-state index in [2.05, 4.69) is 22.1 Å². The number of nitriles is 1. The molecule has 0 spiro atoms. The summed E-state index contributed by atoms with van der Waals surface area (Å²) in [4.78, 5) is 10.7. The van der Waals surface area contributed by atoms with Gasteiger partial charge < -0.3 is 10.4 Å². The number of hydrogen-bond donors (Lipinski definition) is 2. The average Bonchev–Trinajstić information content (AvgIpc) is 2.38. The van der Waals surface area contributed by atoms with Crippen molar-refractivity contribution in [2.45, 2.75) is 20.3 Å². The highest BCUT2D eigenvalue weighted by molar-refractivity contribution is 5.81. The molecule has 6 nitrogen and oxygen atoms in total. The number of aliphatic hydroxyl groups excluding tert-OH is 1. The lowest BCUT2D eigenvalue weighted by Gasteiger charge is -2.05. The third kappa shape index (κ3) is 5.64. The van der Waals surface area contributed by atoms with Crippen LogP contribution in [-0.4, -0.2) is 25.0 Å². The van der Waals surface area contributed by atoms with Crippen LogP contribution in [0.4, 0.5) is 0 Å². The van der Waals surface area contributed by atoms with E-state index >= 15 is 0 Å². The van der Waals surface area contributed by atoms with Crippen molar-refractivity contribution in [2.75, 3.05) is 13.6 Å². The maximum atomic E-state index is 10.7. The fourth-order valence-electron chi connectivity index (χ4n) is 1.11. The van der Waals surface area contributed by atoms with Gasteiger partial charge in [-0.15, -0.1) is 6.58 Å². The minimum Gasteiger partial charge on any atom is -0.493 e. The maximum Gasteiger partial charge on any atom is 0.212 e. The van der Waals surface area contributed by atoms with E-state index in [0.29, 0.717) is 19.3 Å². The average molecular weight is 262 g/mol. The molecule has 0 radical (unpaired) electrons. The molecule has 0 bridgehead atoms. The van der Waals surface area contributed by atoms with Gasteiger partial charge in [-0.3, -0.25) is 4.79 Å². The minimum atomic E-state index is -0.244. The summed E-state index contributed by atoms with van der Waals surface area (Å²) in [7, 11) is 1.50. The lowest BCUT2D eigenvalue weighted by Crippen LogP contribution is -2.09. The first-order valence-corrected chi connectivity index (χ1v) is 5.67. The van der Waals surface area contributed by atoms with Crippen LogP contribution in [0.2, 0.25) is 0 Å². The van der Waals surface area contributed by atoms with E-state index in [1.807, 2.05) is 6.92 Å². The zero-order valence-electron chi connectivity index (χ0n) is 11.4. The van der Waals surface area contributed by atoms with E-state index in [-0.39, 0.29) is 22.7 Å². The molecular formula is C13H18N4O2. The third-order valence-corrected chi connectivity index (χ3v) is 2.27. The largest absolute Gasteiger partial charge is 0.493 e. The molecule has 0 saturated heterocycles. The number of nitrogens with one attached hydrogen (secondary N) is 1. The highest BCUT2D eigenvalue weighted by atomic mass is 16.3. The third-order valence-electron chi connectivity index (χ3n) is 2.27. The van der Waals surface area contributed by atoms with Gasteiger partial charge >= 0.3 is 0 Å². The summed E-state index contributed by atoms with van der Waals surface area (Å²) in [6.07, 6.45) is 1.10. The molecule has 0 rings (SSSR count). The van der Waals surface area contributed by atoms with Gasteiger partial charge in [0, 0.05) is 12.6 Å². The van der Waals surface area contributed by atoms with Crippen LogP contribution >= 0.6 is 0 Å². The van der Waals surface area contributed by atoms with Gasteiger partial charge in [-0.2, -0.15) is 15.5 Å². The van der Waals surface area contributed by atoms with Gasteiger partial charge in [-0.1, -0.05) is 5.57 Å². The lowest BCUT2D eigenvalue weighted by atomic mass is 10.1. The van der Waals surface area contributed by atoms with Crippen molar-refractivity contribution >= 4 is 6.29 Å². The Hall–Kier alpha value is -2.42. The van der Waals surface area contributed by atoms with Crippen LogP contribution in [-0.2, 0) is 4.79 Å². The number of aldehydes is 1. The number of nitrogens with zero attached hydrogens (tertiary/aromatic N) is 3. The minimum absolute atomic E-state index is 0.0767. The van der Waals surface area contributed by atoms with Crippen LogP contribution in [0.3, 0.4) is 0 Å². The van der Waals surface area contributed by atoms with E-state index in [1.54, 1.807) is 6.07 Å². The molecule has 102 valence electrons. The van der Waals surface area contributed by atoms with Crippen LogP contribution in [0.1, 0.15) is 20.3 Å². The molecule has 0 aliphatic heterocycles. The number of rotatable bonds is 7. The Kier molecular flexibility index (Phi) is 7.54. The smallest absolute Gasteiger partial charge is 0.212 e. The van der Waals surface area contributed by atoms with Gasteiger partial charge in [0.25, 0.3) is 0 Å². The molecule has 0 aliphatic carbocycles. The van der Waals surface area contributed by atoms with Crippen LogP contribution in [0.25, 0.3) is 0 Å². The van der Waals surface area contributed by atoms with Crippen LogP contribution in [0, 0.1) is 11.3 Å². The second kappa shape index (κ2) is 8.64. The Morgan fingerprint density at radius 2 is 2.16 bits per heavy atom.